The van der Waals surface area contributed by atoms with Crippen LogP contribution in [0.1, 0.15) is 23.6 Å². The maximum atomic E-state index is 14.6. The Morgan fingerprint density at radius 1 is 1.10 bits per heavy atom. The smallest absolute Gasteiger partial charge is 0.356 e. The van der Waals surface area contributed by atoms with Crippen LogP contribution in [-0.2, 0) is 10.7 Å². The maximum Gasteiger partial charge on any atom is 0.356 e. The molecule has 7 nitrogen and oxygen atoms in total. The predicted molar refractivity (Wildman–Crippen MR) is 104 cm³/mol. The molecule has 0 saturated carbocycles. The Morgan fingerprint density at radius 2 is 1.87 bits per heavy atom. The highest BCUT2D eigenvalue weighted by Gasteiger charge is 2.45. The van der Waals surface area contributed by atoms with Crippen molar-refractivity contribution in [3.8, 4) is 16.9 Å². The second kappa shape index (κ2) is 7.58. The lowest BCUT2D eigenvalue weighted by Gasteiger charge is -2.29. The topological polar surface area (TPSA) is 104 Å². The number of nitrogens with one attached hydrogen (secondary N) is 3. The Kier molecular flexibility index (Phi) is 4.94. The maximum absolute atomic E-state index is 14.6. The molecule has 1 aromatic heterocycles. The van der Waals surface area contributed by atoms with Gasteiger partial charge in [0.05, 0.1) is 12.6 Å². The average molecular weight is 413 g/mol. The lowest BCUT2D eigenvalue weighted by atomic mass is 9.94. The molecule has 3 N–H and O–H groups in total. The van der Waals surface area contributed by atoms with E-state index < -0.39 is 34.7 Å². The van der Waals surface area contributed by atoms with E-state index in [0.29, 0.717) is 17.5 Å². The lowest BCUT2D eigenvalue weighted by molar-refractivity contribution is -0.148. The van der Waals surface area contributed by atoms with E-state index in [0.717, 1.165) is 11.1 Å². The molecular formula is C21H17F2N3O4. The fourth-order valence-electron chi connectivity index (χ4n) is 3.43. The van der Waals surface area contributed by atoms with Crippen LogP contribution in [-0.4, -0.2) is 22.5 Å². The number of fused-ring (bicyclic) bond motifs is 1. The number of rotatable bonds is 4. The van der Waals surface area contributed by atoms with E-state index in [1.165, 1.54) is 0 Å². The largest absolute Gasteiger partial charge is 0.492 e. The SMILES string of the molecule is O=C(NC1CCOc2c(-c3ccccc3)cccc21)C(F)(F)c1c[nH]c(=O)[nH]c1=O. The summed E-state index contributed by atoms with van der Waals surface area (Å²) in [6.07, 6.45) is 0.835. The minimum Gasteiger partial charge on any atom is -0.492 e. The van der Waals surface area contributed by atoms with E-state index in [1.807, 2.05) is 41.4 Å². The number of carbonyl (C=O) groups excluding carboxylic acids is 1. The van der Waals surface area contributed by atoms with Gasteiger partial charge >= 0.3 is 11.6 Å². The first kappa shape index (κ1) is 19.6. The number of hydrogen-bond donors (Lipinski definition) is 3. The van der Waals surface area contributed by atoms with Crippen molar-refractivity contribution in [2.24, 2.45) is 0 Å². The molecule has 0 aliphatic carbocycles. The molecule has 0 bridgehead atoms. The third kappa shape index (κ3) is 3.49. The van der Waals surface area contributed by atoms with Gasteiger partial charge in [-0.2, -0.15) is 8.78 Å². The highest BCUT2D eigenvalue weighted by Crippen LogP contribution is 2.40. The molecule has 4 rings (SSSR count). The van der Waals surface area contributed by atoms with Crippen LogP contribution in [0.15, 0.2) is 64.3 Å². The number of amides is 1. The highest BCUT2D eigenvalue weighted by atomic mass is 19.3. The molecule has 0 fully saturated rings. The van der Waals surface area contributed by atoms with Crippen LogP contribution in [0, 0.1) is 0 Å². The molecule has 1 aliphatic heterocycles. The highest BCUT2D eigenvalue weighted by molar-refractivity contribution is 5.85. The molecule has 1 atom stereocenters. The van der Waals surface area contributed by atoms with Crippen molar-refractivity contribution < 1.29 is 18.3 Å². The lowest BCUT2D eigenvalue weighted by Crippen LogP contribution is -2.44. The van der Waals surface area contributed by atoms with Gasteiger partial charge in [0.2, 0.25) is 0 Å². The Labute approximate surface area is 168 Å². The molecule has 2 heterocycles. The van der Waals surface area contributed by atoms with Crippen molar-refractivity contribution in [2.45, 2.75) is 18.4 Å². The molecule has 2 aromatic carbocycles. The second-order valence-electron chi connectivity index (χ2n) is 6.81. The molecule has 3 aromatic rings. The first-order valence-corrected chi connectivity index (χ1v) is 9.20. The summed E-state index contributed by atoms with van der Waals surface area (Å²) in [6, 6.07) is 14.0. The fraction of sp³-hybridized carbons (Fsp3) is 0.190. The van der Waals surface area contributed by atoms with Crippen LogP contribution in [0.25, 0.3) is 11.1 Å². The van der Waals surface area contributed by atoms with E-state index in [2.05, 4.69) is 5.32 Å². The van der Waals surface area contributed by atoms with E-state index in [4.69, 9.17) is 4.74 Å². The normalized spacial score (nSPS) is 15.7. The summed E-state index contributed by atoms with van der Waals surface area (Å²) < 4.78 is 35.1. The number of carbonyl (C=O) groups is 1. The zero-order valence-corrected chi connectivity index (χ0v) is 15.6. The van der Waals surface area contributed by atoms with Crippen LogP contribution in [0.3, 0.4) is 0 Å². The third-order valence-corrected chi connectivity index (χ3v) is 4.91. The number of hydrogen-bond acceptors (Lipinski definition) is 4. The first-order chi connectivity index (χ1) is 14.4. The first-order valence-electron chi connectivity index (χ1n) is 9.20. The number of alkyl halides is 2. The van der Waals surface area contributed by atoms with E-state index in [-0.39, 0.29) is 13.0 Å². The van der Waals surface area contributed by atoms with Gasteiger partial charge in [-0.3, -0.25) is 14.6 Å². The molecule has 1 unspecified atom stereocenters. The number of benzene rings is 2. The van der Waals surface area contributed by atoms with Gasteiger partial charge < -0.3 is 15.0 Å². The van der Waals surface area contributed by atoms with Crippen molar-refractivity contribution in [2.75, 3.05) is 6.61 Å². The summed E-state index contributed by atoms with van der Waals surface area (Å²) >= 11 is 0. The molecule has 0 saturated heterocycles. The minimum atomic E-state index is -4.13. The van der Waals surface area contributed by atoms with Gasteiger partial charge in [0.15, 0.2) is 0 Å². The van der Waals surface area contributed by atoms with Gasteiger partial charge in [-0.05, 0) is 5.56 Å². The molecular weight excluding hydrogens is 396 g/mol. The molecule has 9 heteroatoms. The summed E-state index contributed by atoms with van der Waals surface area (Å²) in [5.41, 5.74) is -1.14. The summed E-state index contributed by atoms with van der Waals surface area (Å²) in [7, 11) is 0. The number of aromatic nitrogens is 2. The Hall–Kier alpha value is -3.75. The molecule has 154 valence electrons. The van der Waals surface area contributed by atoms with Gasteiger partial charge in [0.25, 0.3) is 11.5 Å². The Balaban J connectivity index is 1.65. The van der Waals surface area contributed by atoms with Crippen LogP contribution in [0.4, 0.5) is 8.78 Å². The van der Waals surface area contributed by atoms with Gasteiger partial charge in [-0.15, -0.1) is 0 Å². The van der Waals surface area contributed by atoms with E-state index in [1.54, 1.807) is 17.1 Å². The quantitative estimate of drug-likeness (QED) is 0.611. The summed E-state index contributed by atoms with van der Waals surface area (Å²) in [5, 5.41) is 2.32. The van der Waals surface area contributed by atoms with E-state index >= 15 is 0 Å². The molecule has 1 amide bonds. The Bertz CT molecular complexity index is 1200. The predicted octanol–water partition coefficient (Wildman–Crippen LogP) is 2.46. The second-order valence-corrected chi connectivity index (χ2v) is 6.81. The van der Waals surface area contributed by atoms with Crippen LogP contribution >= 0.6 is 0 Å². The number of ether oxygens (including phenoxy) is 1. The summed E-state index contributed by atoms with van der Waals surface area (Å²) in [5.74, 6) is -5.25. The molecule has 1 aliphatic rings. The van der Waals surface area contributed by atoms with Gasteiger partial charge in [-0.25, -0.2) is 4.79 Å². The zero-order valence-electron chi connectivity index (χ0n) is 15.6. The van der Waals surface area contributed by atoms with Crippen molar-refractivity contribution in [1.82, 2.24) is 15.3 Å². The standard InChI is InChI=1S/C21H17F2N3O4/c22-21(23,15-11-24-20(29)26-18(15)27)19(28)25-16-9-10-30-17-13(7-4-8-14(16)17)12-5-2-1-3-6-12/h1-8,11,16H,9-10H2,(H,25,28)(H2,24,26,27,29). The van der Waals surface area contributed by atoms with Crippen molar-refractivity contribution in [3.05, 3.63) is 86.7 Å². The van der Waals surface area contributed by atoms with Crippen molar-refractivity contribution in [3.63, 3.8) is 0 Å². The van der Waals surface area contributed by atoms with Gasteiger partial charge in [0.1, 0.15) is 11.3 Å². The van der Waals surface area contributed by atoms with Crippen LogP contribution in [0.5, 0.6) is 5.75 Å². The summed E-state index contributed by atoms with van der Waals surface area (Å²) in [6.45, 7) is 0.229. The van der Waals surface area contributed by atoms with E-state index in [9.17, 15) is 23.2 Å². The molecule has 0 radical (unpaired) electrons. The summed E-state index contributed by atoms with van der Waals surface area (Å²) in [4.78, 5) is 38.8. The average Bonchev–Trinajstić information content (AvgIpc) is 2.74. The monoisotopic (exact) mass is 413 g/mol. The fourth-order valence-corrected chi connectivity index (χ4v) is 3.43. The zero-order chi connectivity index (χ0) is 21.3. The molecule has 0 spiro atoms. The van der Waals surface area contributed by atoms with Crippen LogP contribution in [0.2, 0.25) is 0 Å². The third-order valence-electron chi connectivity index (χ3n) is 4.91. The Morgan fingerprint density at radius 3 is 2.60 bits per heavy atom. The number of H-pyrrole nitrogens is 2. The van der Waals surface area contributed by atoms with Crippen LogP contribution < -0.4 is 21.3 Å². The van der Waals surface area contributed by atoms with Crippen molar-refractivity contribution in [1.29, 1.82) is 0 Å². The molecule has 30 heavy (non-hydrogen) atoms. The number of halogens is 2. The van der Waals surface area contributed by atoms with Gasteiger partial charge in [0, 0.05) is 23.7 Å². The number of para-hydroxylation sites is 1. The minimum absolute atomic E-state index is 0.229. The van der Waals surface area contributed by atoms with Gasteiger partial charge in [-0.1, -0.05) is 48.5 Å². The van der Waals surface area contributed by atoms with Crippen molar-refractivity contribution >= 4 is 5.91 Å². The number of aromatic amines is 2.